The van der Waals surface area contributed by atoms with Crippen LogP contribution in [0.3, 0.4) is 0 Å². The fourth-order valence-corrected chi connectivity index (χ4v) is 3.89. The molecule has 1 aromatic carbocycles. The van der Waals surface area contributed by atoms with Gasteiger partial charge in [0.05, 0.1) is 5.69 Å². The number of thiazole rings is 1. The number of aromatic nitrogens is 2. The number of benzene rings is 1. The van der Waals surface area contributed by atoms with Crippen molar-refractivity contribution in [2.75, 3.05) is 6.54 Å². The van der Waals surface area contributed by atoms with Crippen LogP contribution in [0, 0.1) is 5.82 Å². The molecule has 0 N–H and O–H groups in total. The van der Waals surface area contributed by atoms with Gasteiger partial charge in [-0.05, 0) is 37.1 Å². The van der Waals surface area contributed by atoms with Crippen LogP contribution in [0.25, 0.3) is 16.2 Å². The van der Waals surface area contributed by atoms with Crippen LogP contribution in [0.1, 0.15) is 25.5 Å². The largest absolute Gasteiger partial charge is 0.340 e. The molecule has 0 unspecified atom stereocenters. The van der Waals surface area contributed by atoms with Gasteiger partial charge in [-0.1, -0.05) is 0 Å². The standard InChI is InChI=1S/C18H18FN3OS/c1-12(23)21(15-6-7-15)9-8-16-11-24-18-20-17(10-22(16)18)13-2-4-14(19)5-3-13/h2-5,10-11,15H,6-9H2,1H3. The highest BCUT2D eigenvalue weighted by atomic mass is 32.1. The molecule has 3 aromatic rings. The molecule has 4 rings (SSSR count). The number of halogens is 1. The van der Waals surface area contributed by atoms with Crippen LogP contribution < -0.4 is 0 Å². The lowest BCUT2D eigenvalue weighted by Gasteiger charge is -2.20. The monoisotopic (exact) mass is 343 g/mol. The highest BCUT2D eigenvalue weighted by Gasteiger charge is 2.30. The van der Waals surface area contributed by atoms with E-state index in [0.717, 1.165) is 47.7 Å². The van der Waals surface area contributed by atoms with E-state index in [1.165, 1.54) is 12.1 Å². The Morgan fingerprint density at radius 3 is 2.79 bits per heavy atom. The zero-order valence-corrected chi connectivity index (χ0v) is 14.2. The van der Waals surface area contributed by atoms with Crippen LogP contribution in [0.2, 0.25) is 0 Å². The number of imidazole rings is 1. The molecular formula is C18H18FN3OS. The average molecular weight is 343 g/mol. The average Bonchev–Trinajstić information content (AvgIpc) is 3.18. The summed E-state index contributed by atoms with van der Waals surface area (Å²) in [6.07, 6.45) is 5.05. The predicted molar refractivity (Wildman–Crippen MR) is 92.6 cm³/mol. The summed E-state index contributed by atoms with van der Waals surface area (Å²) in [7, 11) is 0. The zero-order valence-electron chi connectivity index (χ0n) is 13.4. The van der Waals surface area contributed by atoms with Crippen LogP contribution in [-0.4, -0.2) is 32.8 Å². The van der Waals surface area contributed by atoms with E-state index in [-0.39, 0.29) is 11.7 Å². The number of carbonyl (C=O) groups excluding carboxylic acids is 1. The van der Waals surface area contributed by atoms with E-state index in [1.807, 2.05) is 11.1 Å². The second-order valence-electron chi connectivity index (χ2n) is 6.21. The molecule has 0 aliphatic heterocycles. The van der Waals surface area contributed by atoms with Gasteiger partial charge < -0.3 is 4.90 Å². The van der Waals surface area contributed by atoms with Gasteiger partial charge >= 0.3 is 0 Å². The van der Waals surface area contributed by atoms with Crippen molar-refractivity contribution in [3.05, 3.63) is 47.4 Å². The molecule has 4 nitrogen and oxygen atoms in total. The predicted octanol–water partition coefficient (Wildman–Crippen LogP) is 3.76. The number of rotatable bonds is 5. The quantitative estimate of drug-likeness (QED) is 0.707. The Morgan fingerprint density at radius 2 is 2.12 bits per heavy atom. The lowest BCUT2D eigenvalue weighted by molar-refractivity contribution is -0.129. The van der Waals surface area contributed by atoms with Gasteiger partial charge in [-0.25, -0.2) is 9.37 Å². The van der Waals surface area contributed by atoms with Crippen molar-refractivity contribution in [3.63, 3.8) is 0 Å². The summed E-state index contributed by atoms with van der Waals surface area (Å²) in [4.78, 5) is 19.3. The number of hydrogen-bond donors (Lipinski definition) is 0. The molecular weight excluding hydrogens is 325 g/mol. The van der Waals surface area contributed by atoms with Crippen molar-refractivity contribution in [2.45, 2.75) is 32.2 Å². The second kappa shape index (κ2) is 6.02. The lowest BCUT2D eigenvalue weighted by Crippen LogP contribution is -2.33. The molecule has 0 radical (unpaired) electrons. The van der Waals surface area contributed by atoms with Gasteiger partial charge in [-0.3, -0.25) is 9.20 Å². The van der Waals surface area contributed by atoms with Crippen molar-refractivity contribution in [2.24, 2.45) is 0 Å². The Hall–Kier alpha value is -2.21. The molecule has 6 heteroatoms. The molecule has 0 bridgehead atoms. The van der Waals surface area contributed by atoms with Crippen molar-refractivity contribution in [1.29, 1.82) is 0 Å². The van der Waals surface area contributed by atoms with E-state index >= 15 is 0 Å². The molecule has 1 fully saturated rings. The summed E-state index contributed by atoms with van der Waals surface area (Å²) in [5, 5.41) is 2.10. The maximum absolute atomic E-state index is 13.1. The molecule has 2 aromatic heterocycles. The SMILES string of the molecule is CC(=O)N(CCc1csc2nc(-c3ccc(F)cc3)cn12)C1CC1. The van der Waals surface area contributed by atoms with Crippen molar-refractivity contribution >= 4 is 22.2 Å². The van der Waals surface area contributed by atoms with E-state index in [1.54, 1.807) is 30.4 Å². The number of carbonyl (C=O) groups is 1. The molecule has 0 spiro atoms. The first-order chi connectivity index (χ1) is 11.6. The highest BCUT2D eigenvalue weighted by molar-refractivity contribution is 7.15. The molecule has 0 atom stereocenters. The smallest absolute Gasteiger partial charge is 0.219 e. The Balaban J connectivity index is 1.56. The topological polar surface area (TPSA) is 37.6 Å². The lowest BCUT2D eigenvalue weighted by atomic mass is 10.2. The van der Waals surface area contributed by atoms with Gasteiger partial charge in [-0.2, -0.15) is 0 Å². The Labute approximate surface area is 143 Å². The van der Waals surface area contributed by atoms with Crippen LogP contribution >= 0.6 is 11.3 Å². The molecule has 24 heavy (non-hydrogen) atoms. The number of nitrogens with zero attached hydrogens (tertiary/aromatic N) is 3. The fourth-order valence-electron chi connectivity index (χ4n) is 2.99. The molecule has 124 valence electrons. The van der Waals surface area contributed by atoms with E-state index in [0.29, 0.717) is 6.04 Å². The summed E-state index contributed by atoms with van der Waals surface area (Å²) in [5.41, 5.74) is 2.90. The number of amides is 1. The minimum atomic E-state index is -0.245. The first kappa shape index (κ1) is 15.3. The normalized spacial score (nSPS) is 14.2. The summed E-state index contributed by atoms with van der Waals surface area (Å²) in [6, 6.07) is 6.82. The minimum Gasteiger partial charge on any atom is -0.340 e. The Kier molecular flexibility index (Phi) is 3.84. The minimum absolute atomic E-state index is 0.154. The van der Waals surface area contributed by atoms with Gasteiger partial charge in [0.25, 0.3) is 0 Å². The summed E-state index contributed by atoms with van der Waals surface area (Å²) < 4.78 is 15.1. The third-order valence-corrected chi connectivity index (χ3v) is 5.31. The summed E-state index contributed by atoms with van der Waals surface area (Å²) in [5.74, 6) is -0.0912. The van der Waals surface area contributed by atoms with Crippen molar-refractivity contribution in [1.82, 2.24) is 14.3 Å². The summed E-state index contributed by atoms with van der Waals surface area (Å²) in [6.45, 7) is 2.39. The molecule has 1 aliphatic carbocycles. The first-order valence-corrected chi connectivity index (χ1v) is 8.98. The van der Waals surface area contributed by atoms with E-state index in [2.05, 4.69) is 14.8 Å². The number of fused-ring (bicyclic) bond motifs is 1. The Bertz CT molecular complexity index is 879. The third-order valence-electron chi connectivity index (χ3n) is 4.42. The van der Waals surface area contributed by atoms with Gasteiger partial charge in [0.2, 0.25) is 5.91 Å². The maximum Gasteiger partial charge on any atom is 0.219 e. The van der Waals surface area contributed by atoms with Crippen LogP contribution in [0.15, 0.2) is 35.8 Å². The van der Waals surface area contributed by atoms with E-state index in [4.69, 9.17) is 0 Å². The van der Waals surface area contributed by atoms with Crippen LogP contribution in [-0.2, 0) is 11.2 Å². The van der Waals surface area contributed by atoms with Crippen molar-refractivity contribution in [3.8, 4) is 11.3 Å². The molecule has 0 saturated heterocycles. The van der Waals surface area contributed by atoms with Crippen LogP contribution in [0.5, 0.6) is 0 Å². The fraction of sp³-hybridized carbons (Fsp3) is 0.333. The number of hydrogen-bond acceptors (Lipinski definition) is 3. The van der Waals surface area contributed by atoms with E-state index < -0.39 is 0 Å². The Morgan fingerprint density at radius 1 is 1.38 bits per heavy atom. The van der Waals surface area contributed by atoms with Gasteiger partial charge in [0, 0.05) is 48.8 Å². The summed E-state index contributed by atoms with van der Waals surface area (Å²) >= 11 is 1.59. The van der Waals surface area contributed by atoms with Gasteiger partial charge in [0.15, 0.2) is 4.96 Å². The van der Waals surface area contributed by atoms with E-state index in [9.17, 15) is 9.18 Å². The molecule has 1 amide bonds. The van der Waals surface area contributed by atoms with Crippen LogP contribution in [0.4, 0.5) is 4.39 Å². The maximum atomic E-state index is 13.1. The third kappa shape index (κ3) is 2.94. The van der Waals surface area contributed by atoms with Crippen molar-refractivity contribution < 1.29 is 9.18 Å². The zero-order chi connectivity index (χ0) is 16.7. The highest BCUT2D eigenvalue weighted by Crippen LogP contribution is 2.28. The second-order valence-corrected chi connectivity index (χ2v) is 7.04. The first-order valence-electron chi connectivity index (χ1n) is 8.10. The molecule has 1 saturated carbocycles. The molecule has 2 heterocycles. The van der Waals surface area contributed by atoms with Gasteiger partial charge in [-0.15, -0.1) is 11.3 Å². The van der Waals surface area contributed by atoms with Gasteiger partial charge in [0.1, 0.15) is 5.82 Å². The molecule has 1 aliphatic rings.